The molecule has 0 atom stereocenters. The van der Waals surface area contributed by atoms with E-state index >= 15 is 0 Å². The van der Waals surface area contributed by atoms with Gasteiger partial charge in [-0.15, -0.1) is 0 Å². The summed E-state index contributed by atoms with van der Waals surface area (Å²) < 4.78 is 38.2. The molecule has 0 unspecified atom stereocenters. The summed E-state index contributed by atoms with van der Waals surface area (Å²) >= 11 is 13.7. The van der Waals surface area contributed by atoms with Crippen LogP contribution < -0.4 is 9.62 Å². The predicted octanol–water partition coefficient (Wildman–Crippen LogP) is 3.95. The highest BCUT2D eigenvalue weighted by Gasteiger charge is 2.21. The van der Waals surface area contributed by atoms with Crippen LogP contribution in [0.3, 0.4) is 0 Å². The van der Waals surface area contributed by atoms with Gasteiger partial charge in [0.25, 0.3) is 0 Å². The van der Waals surface area contributed by atoms with Gasteiger partial charge in [-0.3, -0.25) is 9.10 Å². The number of anilines is 1. The Balaban J connectivity index is 1.85. The Morgan fingerprint density at radius 3 is 2.43 bits per heavy atom. The molecule has 2 aromatic carbocycles. The summed E-state index contributed by atoms with van der Waals surface area (Å²) in [7, 11) is -3.74. The fourth-order valence-corrected chi connectivity index (χ4v) is 4.77. The van der Waals surface area contributed by atoms with Crippen molar-refractivity contribution in [3.63, 3.8) is 0 Å². The lowest BCUT2D eigenvalue weighted by atomic mass is 10.2. The number of rotatable bonds is 9. The molecular weight excluding hydrogens is 446 g/mol. The maximum Gasteiger partial charge on any atom is 0.240 e. The molecule has 0 fully saturated rings. The number of nitrogens with one attached hydrogen (secondary N) is 1. The predicted molar refractivity (Wildman–Crippen MR) is 114 cm³/mol. The van der Waals surface area contributed by atoms with Crippen molar-refractivity contribution in [2.75, 3.05) is 29.4 Å². The summed E-state index contributed by atoms with van der Waals surface area (Å²) in [5.74, 6) is 0.117. The number of carbonyl (C=O) groups is 1. The molecule has 1 amide bonds. The van der Waals surface area contributed by atoms with Gasteiger partial charge in [0.15, 0.2) is 0 Å². The maximum atomic E-state index is 13.4. The zero-order valence-electron chi connectivity index (χ0n) is 15.0. The first-order chi connectivity index (χ1) is 13.2. The monoisotopic (exact) mass is 464 g/mol. The van der Waals surface area contributed by atoms with Gasteiger partial charge in [-0.2, -0.15) is 11.8 Å². The third kappa shape index (κ3) is 6.84. The van der Waals surface area contributed by atoms with E-state index in [2.05, 4.69) is 5.32 Å². The Labute approximate surface area is 178 Å². The van der Waals surface area contributed by atoms with Crippen LogP contribution in [0.25, 0.3) is 0 Å². The number of benzene rings is 2. The lowest BCUT2D eigenvalue weighted by molar-refractivity contribution is -0.119. The molecule has 0 heterocycles. The summed E-state index contributed by atoms with van der Waals surface area (Å²) in [6, 6.07) is 10.4. The van der Waals surface area contributed by atoms with Crippen molar-refractivity contribution in [3.8, 4) is 0 Å². The largest absolute Gasteiger partial charge is 0.354 e. The average Bonchev–Trinajstić information content (AvgIpc) is 2.60. The minimum Gasteiger partial charge on any atom is -0.354 e. The fraction of sp³-hybridized carbons (Fsp3) is 0.278. The highest BCUT2D eigenvalue weighted by molar-refractivity contribution is 7.98. The number of sulfonamides is 1. The van der Waals surface area contributed by atoms with Gasteiger partial charge in [0.2, 0.25) is 15.9 Å². The normalized spacial score (nSPS) is 11.3. The van der Waals surface area contributed by atoms with E-state index in [-0.39, 0.29) is 5.69 Å². The molecule has 5 nitrogen and oxygen atoms in total. The van der Waals surface area contributed by atoms with Gasteiger partial charge < -0.3 is 5.32 Å². The fourth-order valence-electron chi connectivity index (χ4n) is 2.32. The van der Waals surface area contributed by atoms with Crippen LogP contribution in [0.4, 0.5) is 10.1 Å². The molecule has 0 radical (unpaired) electrons. The van der Waals surface area contributed by atoms with Gasteiger partial charge in [-0.1, -0.05) is 35.3 Å². The van der Waals surface area contributed by atoms with Crippen LogP contribution in [0.1, 0.15) is 5.56 Å². The second-order valence-corrected chi connectivity index (χ2v) is 9.68. The number of hydrogen-bond acceptors (Lipinski definition) is 4. The first-order valence-corrected chi connectivity index (χ1v) is 11.9. The van der Waals surface area contributed by atoms with Crippen LogP contribution in [0, 0.1) is 5.82 Å². The molecule has 0 bridgehead atoms. The van der Waals surface area contributed by atoms with Gasteiger partial charge in [-0.05, 0) is 35.9 Å². The Morgan fingerprint density at radius 2 is 1.82 bits per heavy atom. The van der Waals surface area contributed by atoms with E-state index in [1.54, 1.807) is 18.2 Å². The maximum absolute atomic E-state index is 13.4. The molecule has 0 aliphatic heterocycles. The molecular formula is C18H19Cl2FN2O3S2. The number of amides is 1. The molecule has 0 aromatic heterocycles. The number of hydrogen-bond donors (Lipinski definition) is 1. The van der Waals surface area contributed by atoms with E-state index in [4.69, 9.17) is 23.2 Å². The van der Waals surface area contributed by atoms with Crippen LogP contribution in [-0.2, 0) is 20.6 Å². The molecule has 152 valence electrons. The SMILES string of the molecule is CS(=O)(=O)N(CC(=O)NCCSCc1c(Cl)cccc1Cl)c1cccc(F)c1. The number of carbonyl (C=O) groups excluding carboxylic acids is 1. The molecule has 10 heteroatoms. The molecule has 2 rings (SSSR count). The third-order valence-corrected chi connectivity index (χ3v) is 6.49. The Morgan fingerprint density at radius 1 is 1.18 bits per heavy atom. The zero-order valence-corrected chi connectivity index (χ0v) is 18.1. The first kappa shape index (κ1) is 22.8. The molecule has 2 aromatic rings. The minimum absolute atomic E-state index is 0.0976. The van der Waals surface area contributed by atoms with Gasteiger partial charge >= 0.3 is 0 Å². The quantitative estimate of drug-likeness (QED) is 0.570. The topological polar surface area (TPSA) is 66.5 Å². The van der Waals surface area contributed by atoms with Crippen molar-refractivity contribution in [1.82, 2.24) is 5.32 Å². The smallest absolute Gasteiger partial charge is 0.240 e. The summed E-state index contributed by atoms with van der Waals surface area (Å²) in [4.78, 5) is 12.1. The molecule has 28 heavy (non-hydrogen) atoms. The highest BCUT2D eigenvalue weighted by atomic mass is 35.5. The van der Waals surface area contributed by atoms with E-state index in [0.717, 1.165) is 22.2 Å². The molecule has 0 aliphatic rings. The lowest BCUT2D eigenvalue weighted by Crippen LogP contribution is -2.41. The van der Waals surface area contributed by atoms with Crippen LogP contribution in [0.15, 0.2) is 42.5 Å². The van der Waals surface area contributed by atoms with Gasteiger partial charge in [0, 0.05) is 28.1 Å². The Hall–Kier alpha value is -1.48. The average molecular weight is 465 g/mol. The standard InChI is InChI=1S/C18H19Cl2FN2O3S2/c1-28(25,26)23(14-5-2-4-13(21)10-14)11-18(24)22-8-9-27-12-15-16(19)6-3-7-17(15)20/h2-7,10H,8-9,11-12H2,1H3,(H,22,24). The summed E-state index contributed by atoms with van der Waals surface area (Å²) in [5, 5.41) is 3.83. The van der Waals surface area contributed by atoms with Crippen molar-refractivity contribution in [2.24, 2.45) is 0 Å². The molecule has 0 spiro atoms. The first-order valence-electron chi connectivity index (χ1n) is 8.19. The number of nitrogens with zero attached hydrogens (tertiary/aromatic N) is 1. The van der Waals surface area contributed by atoms with Crippen molar-refractivity contribution in [2.45, 2.75) is 5.75 Å². The van der Waals surface area contributed by atoms with Gasteiger partial charge in [-0.25, -0.2) is 12.8 Å². The molecule has 0 saturated heterocycles. The van der Waals surface area contributed by atoms with Gasteiger partial charge in [0.05, 0.1) is 11.9 Å². The summed E-state index contributed by atoms with van der Waals surface area (Å²) in [5.41, 5.74) is 0.928. The number of halogens is 3. The zero-order chi connectivity index (χ0) is 20.7. The molecule has 0 aliphatic carbocycles. The number of thioether (sulfide) groups is 1. The Kier molecular flexibility index (Phi) is 8.42. The second-order valence-electron chi connectivity index (χ2n) is 5.85. The van der Waals surface area contributed by atoms with Gasteiger partial charge in [0.1, 0.15) is 12.4 Å². The van der Waals surface area contributed by atoms with Crippen LogP contribution in [-0.4, -0.2) is 39.4 Å². The van der Waals surface area contributed by atoms with Crippen LogP contribution >= 0.6 is 35.0 Å². The molecule has 1 N–H and O–H groups in total. The van der Waals surface area contributed by atoms with Crippen molar-refractivity contribution >= 4 is 56.6 Å². The summed E-state index contributed by atoms with van der Waals surface area (Å²) in [6.45, 7) is -0.0877. The van der Waals surface area contributed by atoms with E-state index in [0.29, 0.717) is 28.1 Å². The van der Waals surface area contributed by atoms with Crippen molar-refractivity contribution < 1.29 is 17.6 Å². The Bertz CT molecular complexity index is 922. The lowest BCUT2D eigenvalue weighted by Gasteiger charge is -2.21. The molecule has 0 saturated carbocycles. The van der Waals surface area contributed by atoms with E-state index < -0.39 is 28.3 Å². The minimum atomic E-state index is -3.74. The summed E-state index contributed by atoms with van der Waals surface area (Å²) in [6.07, 6.45) is 0.967. The van der Waals surface area contributed by atoms with Crippen LogP contribution in [0.5, 0.6) is 0 Å². The second kappa shape index (κ2) is 10.3. The van der Waals surface area contributed by atoms with E-state index in [1.165, 1.54) is 30.0 Å². The van der Waals surface area contributed by atoms with E-state index in [1.807, 2.05) is 0 Å². The third-order valence-electron chi connectivity index (χ3n) is 3.66. The van der Waals surface area contributed by atoms with Crippen molar-refractivity contribution in [3.05, 3.63) is 63.9 Å². The van der Waals surface area contributed by atoms with E-state index in [9.17, 15) is 17.6 Å². The van der Waals surface area contributed by atoms with Crippen LogP contribution in [0.2, 0.25) is 10.0 Å². The van der Waals surface area contributed by atoms with Crippen molar-refractivity contribution in [1.29, 1.82) is 0 Å². The highest BCUT2D eigenvalue weighted by Crippen LogP contribution is 2.28.